The molecule has 2 rings (SSSR count). The third-order valence-electron chi connectivity index (χ3n) is 3.73. The van der Waals surface area contributed by atoms with E-state index in [-0.39, 0.29) is 30.4 Å². The number of carbonyl (C=O) groups is 2. The number of sulfone groups is 1. The first-order valence-corrected chi connectivity index (χ1v) is 9.10. The number of likely N-dealkylation sites (tertiary alicyclic amines) is 1. The van der Waals surface area contributed by atoms with Crippen LogP contribution in [0.3, 0.4) is 0 Å². The van der Waals surface area contributed by atoms with E-state index in [0.29, 0.717) is 18.7 Å². The van der Waals surface area contributed by atoms with Crippen molar-refractivity contribution in [1.29, 1.82) is 0 Å². The molecule has 7 nitrogen and oxygen atoms in total. The number of carboxylic acid groups (broad SMARTS) is 1. The highest BCUT2D eigenvalue weighted by molar-refractivity contribution is 7.90. The van der Waals surface area contributed by atoms with Gasteiger partial charge >= 0.3 is 5.97 Å². The topological polar surface area (TPSA) is 101 Å². The zero-order chi connectivity index (χ0) is 17.0. The summed E-state index contributed by atoms with van der Waals surface area (Å²) in [7, 11) is -3.24. The SMILES string of the molecule is CS(=O)(=O)c1ccc(OCCC(=O)N2CC[C@@H](C(=O)O)C2)cc1. The Kier molecular flexibility index (Phi) is 5.25. The van der Waals surface area contributed by atoms with Crippen LogP contribution in [0.15, 0.2) is 29.2 Å². The molecule has 1 aromatic rings. The molecule has 1 N–H and O–H groups in total. The minimum atomic E-state index is -3.24. The molecular weight excluding hydrogens is 322 g/mol. The molecule has 0 aliphatic carbocycles. The number of nitrogens with zero attached hydrogens (tertiary/aromatic N) is 1. The van der Waals surface area contributed by atoms with Gasteiger partial charge in [-0.3, -0.25) is 9.59 Å². The average molecular weight is 341 g/mol. The largest absolute Gasteiger partial charge is 0.493 e. The number of benzene rings is 1. The van der Waals surface area contributed by atoms with E-state index >= 15 is 0 Å². The van der Waals surface area contributed by atoms with E-state index in [4.69, 9.17) is 9.84 Å². The van der Waals surface area contributed by atoms with Gasteiger partial charge in [-0.2, -0.15) is 0 Å². The summed E-state index contributed by atoms with van der Waals surface area (Å²) in [5, 5.41) is 8.91. The molecule has 8 heteroatoms. The molecule has 0 unspecified atom stereocenters. The van der Waals surface area contributed by atoms with Crippen molar-refractivity contribution in [1.82, 2.24) is 4.90 Å². The number of ether oxygens (including phenoxy) is 1. The van der Waals surface area contributed by atoms with Crippen LogP contribution in [0.25, 0.3) is 0 Å². The van der Waals surface area contributed by atoms with Crippen molar-refractivity contribution in [2.45, 2.75) is 17.7 Å². The van der Waals surface area contributed by atoms with Crippen molar-refractivity contribution in [3.63, 3.8) is 0 Å². The summed E-state index contributed by atoms with van der Waals surface area (Å²) in [6, 6.07) is 5.98. The predicted octanol–water partition coefficient (Wildman–Crippen LogP) is 0.792. The molecule has 1 aliphatic rings. The van der Waals surface area contributed by atoms with Crippen molar-refractivity contribution < 1.29 is 27.9 Å². The van der Waals surface area contributed by atoms with Crippen LogP contribution in [0, 0.1) is 5.92 Å². The van der Waals surface area contributed by atoms with Gasteiger partial charge in [0.05, 0.1) is 23.8 Å². The van der Waals surface area contributed by atoms with E-state index in [1.54, 1.807) is 0 Å². The van der Waals surface area contributed by atoms with Gasteiger partial charge in [0.1, 0.15) is 5.75 Å². The Labute approximate surface area is 134 Å². The number of hydrogen-bond donors (Lipinski definition) is 1. The second kappa shape index (κ2) is 6.99. The van der Waals surface area contributed by atoms with Crippen LogP contribution in [0.5, 0.6) is 5.75 Å². The van der Waals surface area contributed by atoms with Crippen molar-refractivity contribution in [2.75, 3.05) is 26.0 Å². The van der Waals surface area contributed by atoms with E-state index in [9.17, 15) is 18.0 Å². The lowest BCUT2D eigenvalue weighted by molar-refractivity contribution is -0.141. The Morgan fingerprint density at radius 1 is 1.30 bits per heavy atom. The van der Waals surface area contributed by atoms with Crippen LogP contribution >= 0.6 is 0 Å². The van der Waals surface area contributed by atoms with E-state index in [2.05, 4.69) is 0 Å². The zero-order valence-corrected chi connectivity index (χ0v) is 13.6. The Balaban J connectivity index is 1.79. The van der Waals surface area contributed by atoms with Gasteiger partial charge in [-0.15, -0.1) is 0 Å². The predicted molar refractivity (Wildman–Crippen MR) is 82.0 cm³/mol. The highest BCUT2D eigenvalue weighted by Crippen LogP contribution is 2.18. The quantitative estimate of drug-likeness (QED) is 0.821. The van der Waals surface area contributed by atoms with Crippen molar-refractivity contribution in [3.05, 3.63) is 24.3 Å². The molecule has 1 amide bonds. The molecule has 0 spiro atoms. The van der Waals surface area contributed by atoms with Gasteiger partial charge in [0.25, 0.3) is 0 Å². The Hall–Kier alpha value is -2.09. The lowest BCUT2D eigenvalue weighted by Gasteiger charge is -2.16. The summed E-state index contributed by atoms with van der Waals surface area (Å²) >= 11 is 0. The molecule has 1 saturated heterocycles. The summed E-state index contributed by atoms with van der Waals surface area (Å²) in [4.78, 5) is 24.6. The van der Waals surface area contributed by atoms with Gasteiger partial charge in [0.2, 0.25) is 5.91 Å². The molecule has 1 atom stereocenters. The molecule has 1 heterocycles. The minimum Gasteiger partial charge on any atom is -0.493 e. The van der Waals surface area contributed by atoms with Crippen molar-refractivity contribution in [3.8, 4) is 5.75 Å². The van der Waals surface area contributed by atoms with Crippen molar-refractivity contribution >= 4 is 21.7 Å². The van der Waals surface area contributed by atoms with Crippen molar-refractivity contribution in [2.24, 2.45) is 5.92 Å². The van der Waals surface area contributed by atoms with Crippen LogP contribution in [0.2, 0.25) is 0 Å². The Morgan fingerprint density at radius 2 is 1.96 bits per heavy atom. The molecule has 0 bridgehead atoms. The molecule has 1 fully saturated rings. The average Bonchev–Trinajstić information content (AvgIpc) is 2.97. The summed E-state index contributed by atoms with van der Waals surface area (Å²) in [5.41, 5.74) is 0. The van der Waals surface area contributed by atoms with Crippen LogP contribution in [-0.4, -0.2) is 56.3 Å². The first-order chi connectivity index (χ1) is 10.8. The number of hydrogen-bond acceptors (Lipinski definition) is 5. The van der Waals surface area contributed by atoms with Gasteiger partial charge in [-0.05, 0) is 30.7 Å². The third kappa shape index (κ3) is 4.69. The molecule has 0 saturated carbocycles. The summed E-state index contributed by atoms with van der Waals surface area (Å²) in [5.74, 6) is -1.01. The molecule has 1 aliphatic heterocycles. The van der Waals surface area contributed by atoms with Crippen LogP contribution < -0.4 is 4.74 Å². The summed E-state index contributed by atoms with van der Waals surface area (Å²) in [6.45, 7) is 0.862. The Morgan fingerprint density at radius 3 is 2.48 bits per heavy atom. The van der Waals surface area contributed by atoms with Gasteiger partial charge in [-0.1, -0.05) is 0 Å². The molecular formula is C15H19NO6S. The normalized spacial score (nSPS) is 18.0. The van der Waals surface area contributed by atoms with E-state index in [1.165, 1.54) is 29.2 Å². The lowest BCUT2D eigenvalue weighted by Crippen LogP contribution is -2.30. The second-order valence-corrected chi connectivity index (χ2v) is 7.52. The molecule has 126 valence electrons. The van der Waals surface area contributed by atoms with E-state index in [0.717, 1.165) is 6.26 Å². The standard InChI is InChI=1S/C15H19NO6S/c1-23(20,21)13-4-2-12(3-5-13)22-9-7-14(17)16-8-6-11(10-16)15(18)19/h2-5,11H,6-10H2,1H3,(H,18,19)/t11-/m1/s1. The number of amides is 1. The number of carboxylic acids is 1. The summed E-state index contributed by atoms with van der Waals surface area (Å²) in [6.07, 6.45) is 1.76. The fraction of sp³-hybridized carbons (Fsp3) is 0.467. The highest BCUT2D eigenvalue weighted by atomic mass is 32.2. The number of aliphatic carboxylic acids is 1. The van der Waals surface area contributed by atoms with Gasteiger partial charge in [0, 0.05) is 19.3 Å². The van der Waals surface area contributed by atoms with Gasteiger partial charge in [0.15, 0.2) is 9.84 Å². The molecule has 23 heavy (non-hydrogen) atoms. The third-order valence-corrected chi connectivity index (χ3v) is 4.86. The first kappa shape index (κ1) is 17.3. The van der Waals surface area contributed by atoms with E-state index < -0.39 is 21.7 Å². The lowest BCUT2D eigenvalue weighted by atomic mass is 10.1. The number of rotatable bonds is 6. The van der Waals surface area contributed by atoms with Crippen LogP contribution in [0.4, 0.5) is 0 Å². The van der Waals surface area contributed by atoms with Gasteiger partial charge < -0.3 is 14.7 Å². The molecule has 0 radical (unpaired) electrons. The zero-order valence-electron chi connectivity index (χ0n) is 12.8. The smallest absolute Gasteiger partial charge is 0.308 e. The van der Waals surface area contributed by atoms with Crippen LogP contribution in [0.1, 0.15) is 12.8 Å². The molecule has 0 aromatic heterocycles. The fourth-order valence-corrected chi connectivity index (χ4v) is 3.02. The Bertz CT molecular complexity index is 682. The first-order valence-electron chi connectivity index (χ1n) is 7.21. The summed E-state index contributed by atoms with van der Waals surface area (Å²) < 4.78 is 28.1. The fourth-order valence-electron chi connectivity index (χ4n) is 2.39. The maximum atomic E-state index is 12.0. The minimum absolute atomic E-state index is 0.137. The maximum absolute atomic E-state index is 12.0. The highest BCUT2D eigenvalue weighted by Gasteiger charge is 2.30. The van der Waals surface area contributed by atoms with Crippen LogP contribution in [-0.2, 0) is 19.4 Å². The molecule has 1 aromatic carbocycles. The number of carbonyl (C=O) groups excluding carboxylic acids is 1. The maximum Gasteiger partial charge on any atom is 0.308 e. The van der Waals surface area contributed by atoms with Gasteiger partial charge in [-0.25, -0.2) is 8.42 Å². The second-order valence-electron chi connectivity index (χ2n) is 5.51. The monoisotopic (exact) mass is 341 g/mol. The van der Waals surface area contributed by atoms with E-state index in [1.807, 2.05) is 0 Å².